The van der Waals surface area contributed by atoms with E-state index in [1.807, 2.05) is 79.3 Å². The number of hydrogen-bond acceptors (Lipinski definition) is 10. The van der Waals surface area contributed by atoms with Crippen molar-refractivity contribution in [3.05, 3.63) is 136 Å². The zero-order valence-electron chi connectivity index (χ0n) is 44.1. The number of nitrogens with one attached hydrogen (secondary N) is 3. The standard InChI is InChI=1S/C56H69Cl2N9O9/c1-36-31-61-51(68)30-44(27-38-15-20-42(57)21-16-38)65(5)55(72)46(35-75-7)62-53(70)47(14-11-25-59-56(73)74)67(52(69)28-41(54(71)64(36)4)26-37-12-9-8-10-13-37)33-40-17-22-43(58)29-49(40)76-45-23-18-39(19-24-45)48-32-60-50(66(48)6)34-63(2)3/h8-10,12-13,15-24,29,32,36,41,44,46-47,59H,11,14,25-28,30-31,33-35H2,1-7H3,(H,61,68)(H,62,70)(H,73,74)/t36-,41+,44-,46-,47-/m0/s1. The predicted octanol–water partition coefficient (Wildman–Crippen LogP) is 6.81. The van der Waals surface area contributed by atoms with E-state index in [4.69, 9.17) is 32.7 Å². The molecule has 1 aliphatic rings. The number of halogens is 2. The summed E-state index contributed by atoms with van der Waals surface area (Å²) in [5.74, 6) is -1.95. The molecule has 0 radical (unpaired) electrons. The fraction of sp³-hybridized carbons (Fsp3) is 0.411. The summed E-state index contributed by atoms with van der Waals surface area (Å²) in [5.41, 5.74) is 3.84. The fourth-order valence-corrected chi connectivity index (χ4v) is 9.42. The van der Waals surface area contributed by atoms with Crippen LogP contribution < -0.4 is 20.7 Å². The number of carboxylic acid groups (broad SMARTS) is 1. The minimum atomic E-state index is -1.35. The van der Waals surface area contributed by atoms with Crippen LogP contribution in [0.15, 0.2) is 103 Å². The van der Waals surface area contributed by atoms with Crippen molar-refractivity contribution in [1.82, 2.24) is 45.1 Å². The van der Waals surface area contributed by atoms with Crippen LogP contribution in [0.4, 0.5) is 4.79 Å². The van der Waals surface area contributed by atoms with Gasteiger partial charge in [0.15, 0.2) is 0 Å². The van der Waals surface area contributed by atoms with E-state index in [9.17, 15) is 24.3 Å². The Morgan fingerprint density at radius 3 is 2.21 bits per heavy atom. The molecule has 20 heteroatoms. The molecule has 4 N–H and O–H groups in total. The number of nitrogens with zero attached hydrogens (tertiary/aromatic N) is 6. The van der Waals surface area contributed by atoms with Crippen molar-refractivity contribution >= 4 is 58.8 Å². The Balaban J connectivity index is 1.44. The van der Waals surface area contributed by atoms with E-state index in [0.717, 1.165) is 28.2 Å². The van der Waals surface area contributed by atoms with Gasteiger partial charge in [-0.15, -0.1) is 0 Å². The van der Waals surface area contributed by atoms with Crippen LogP contribution in [0.3, 0.4) is 0 Å². The topological polar surface area (TPSA) is 208 Å². The number of hydrogen-bond donors (Lipinski definition) is 4. The second-order valence-corrected chi connectivity index (χ2v) is 20.4. The van der Waals surface area contributed by atoms with Crippen molar-refractivity contribution in [2.75, 3.05) is 55.0 Å². The van der Waals surface area contributed by atoms with Crippen LogP contribution in [-0.4, -0.2) is 149 Å². The number of rotatable bonds is 17. The molecule has 6 rings (SSSR count). The van der Waals surface area contributed by atoms with Crippen molar-refractivity contribution < 1.29 is 43.3 Å². The highest BCUT2D eigenvalue weighted by Crippen LogP contribution is 2.33. The summed E-state index contributed by atoms with van der Waals surface area (Å²) < 4.78 is 14.1. The van der Waals surface area contributed by atoms with E-state index in [-0.39, 0.29) is 82.3 Å². The van der Waals surface area contributed by atoms with Gasteiger partial charge in [0.1, 0.15) is 29.4 Å². The Hall–Kier alpha value is -6.99. The SMILES string of the molecule is COC[C@@H]1NC(=O)[C@H](CCCNC(=O)O)N(Cc2ccc(Cl)cc2Oc2ccc(-c3cnc(CN(C)C)n3C)cc2)C(=O)C[C@@H](Cc2ccccc2)C(=O)N(C)[C@@H](C)CNC(=O)C[C@H](Cc2ccc(Cl)cc2)N(C)C1=O. The van der Waals surface area contributed by atoms with Crippen LogP contribution in [-0.2, 0) is 61.7 Å². The summed E-state index contributed by atoms with van der Waals surface area (Å²) in [6.45, 7) is 1.93. The lowest BCUT2D eigenvalue weighted by Gasteiger charge is -2.36. The third-order valence-corrected chi connectivity index (χ3v) is 14.1. The first kappa shape index (κ1) is 58.3. The highest BCUT2D eigenvalue weighted by atomic mass is 35.5. The van der Waals surface area contributed by atoms with Gasteiger partial charge < -0.3 is 54.7 Å². The van der Waals surface area contributed by atoms with E-state index in [2.05, 4.69) is 20.9 Å². The van der Waals surface area contributed by atoms with E-state index < -0.39 is 53.9 Å². The molecule has 1 aromatic heterocycles. The van der Waals surface area contributed by atoms with Crippen LogP contribution in [0.5, 0.6) is 11.5 Å². The first-order chi connectivity index (χ1) is 36.3. The van der Waals surface area contributed by atoms with Gasteiger partial charge in [-0.25, -0.2) is 9.78 Å². The molecule has 406 valence electrons. The second kappa shape index (κ2) is 27.7. The third kappa shape index (κ3) is 16.3. The highest BCUT2D eigenvalue weighted by molar-refractivity contribution is 6.31. The Labute approximate surface area is 454 Å². The first-order valence-electron chi connectivity index (χ1n) is 25.2. The number of benzene rings is 4. The molecule has 5 aromatic rings. The van der Waals surface area contributed by atoms with E-state index in [1.165, 1.54) is 21.8 Å². The van der Waals surface area contributed by atoms with Crippen molar-refractivity contribution in [1.29, 1.82) is 0 Å². The second-order valence-electron chi connectivity index (χ2n) is 19.5. The summed E-state index contributed by atoms with van der Waals surface area (Å²) in [5, 5.41) is 18.5. The van der Waals surface area contributed by atoms with Crippen molar-refractivity contribution in [2.24, 2.45) is 13.0 Å². The fourth-order valence-electron chi connectivity index (χ4n) is 9.13. The van der Waals surface area contributed by atoms with Crippen LogP contribution in [0, 0.1) is 5.92 Å². The molecule has 5 atom stereocenters. The van der Waals surface area contributed by atoms with Crippen LogP contribution in [0.2, 0.25) is 10.0 Å². The van der Waals surface area contributed by atoms with Gasteiger partial charge in [-0.1, -0.05) is 71.7 Å². The molecule has 76 heavy (non-hydrogen) atoms. The molecule has 0 saturated carbocycles. The quantitative estimate of drug-likeness (QED) is 0.0712. The summed E-state index contributed by atoms with van der Waals surface area (Å²) in [6, 6.07) is 24.8. The van der Waals surface area contributed by atoms with Crippen molar-refractivity contribution in [3.63, 3.8) is 0 Å². The number of ether oxygens (including phenoxy) is 2. The lowest BCUT2D eigenvalue weighted by atomic mass is 9.93. The lowest BCUT2D eigenvalue weighted by Crippen LogP contribution is -2.58. The lowest BCUT2D eigenvalue weighted by molar-refractivity contribution is -0.147. The van der Waals surface area contributed by atoms with Crippen LogP contribution >= 0.6 is 23.2 Å². The maximum absolute atomic E-state index is 15.5. The summed E-state index contributed by atoms with van der Waals surface area (Å²) in [6.07, 6.45) is 0.470. The number of aromatic nitrogens is 2. The Morgan fingerprint density at radius 2 is 1.54 bits per heavy atom. The predicted molar refractivity (Wildman–Crippen MR) is 291 cm³/mol. The zero-order chi connectivity index (χ0) is 55.1. The van der Waals surface area contributed by atoms with E-state index >= 15 is 9.59 Å². The molecule has 0 aliphatic carbocycles. The number of methoxy groups -OCH3 is 1. The summed E-state index contributed by atoms with van der Waals surface area (Å²) in [4.78, 5) is 96.5. The largest absolute Gasteiger partial charge is 0.465 e. The maximum atomic E-state index is 15.5. The third-order valence-electron chi connectivity index (χ3n) is 13.6. The molecular formula is C56H69Cl2N9O9. The van der Waals surface area contributed by atoms with Crippen LogP contribution in [0.25, 0.3) is 11.3 Å². The number of carbonyl (C=O) groups is 6. The average molecular weight is 1080 g/mol. The monoisotopic (exact) mass is 1080 g/mol. The Kier molecular flexibility index (Phi) is 21.2. The van der Waals surface area contributed by atoms with Gasteiger partial charge in [0, 0.05) is 87.4 Å². The van der Waals surface area contributed by atoms with E-state index in [1.54, 1.807) is 75.6 Å². The molecule has 4 aromatic carbocycles. The van der Waals surface area contributed by atoms with Crippen LogP contribution in [0.1, 0.15) is 55.1 Å². The molecule has 0 spiro atoms. The van der Waals surface area contributed by atoms with Gasteiger partial charge in [-0.05, 0) is 106 Å². The molecular weight excluding hydrogens is 1010 g/mol. The van der Waals surface area contributed by atoms with E-state index in [0.29, 0.717) is 27.9 Å². The van der Waals surface area contributed by atoms with Gasteiger partial charge >= 0.3 is 6.09 Å². The Morgan fingerprint density at radius 1 is 0.855 bits per heavy atom. The molecule has 1 fully saturated rings. The first-order valence-corrected chi connectivity index (χ1v) is 25.9. The molecule has 1 aliphatic heterocycles. The van der Waals surface area contributed by atoms with Gasteiger partial charge in [0.25, 0.3) is 0 Å². The summed E-state index contributed by atoms with van der Waals surface area (Å²) >= 11 is 12.9. The summed E-state index contributed by atoms with van der Waals surface area (Å²) in [7, 11) is 10.5. The number of carbonyl (C=O) groups excluding carboxylic acids is 5. The number of imidazole rings is 1. The number of amides is 6. The number of likely N-dealkylation sites (N-methyl/N-ethyl adjacent to an activating group) is 2. The molecule has 0 unspecified atom stereocenters. The van der Waals surface area contributed by atoms with Gasteiger partial charge in [0.2, 0.25) is 29.5 Å². The van der Waals surface area contributed by atoms with Crippen molar-refractivity contribution in [2.45, 2.75) is 82.7 Å². The molecule has 0 bridgehead atoms. The van der Waals surface area contributed by atoms with Gasteiger partial charge in [-0.2, -0.15) is 0 Å². The van der Waals surface area contributed by atoms with Gasteiger partial charge in [-0.3, -0.25) is 24.0 Å². The minimum Gasteiger partial charge on any atom is -0.465 e. The Bertz CT molecular complexity index is 2780. The molecule has 6 amide bonds. The maximum Gasteiger partial charge on any atom is 0.404 e. The normalized spacial score (nSPS) is 19.5. The zero-order valence-corrected chi connectivity index (χ0v) is 45.6. The minimum absolute atomic E-state index is 0.0718. The van der Waals surface area contributed by atoms with Crippen molar-refractivity contribution in [3.8, 4) is 22.8 Å². The average Bonchev–Trinajstić information content (AvgIpc) is 3.75. The molecule has 1 saturated heterocycles. The molecule has 18 nitrogen and oxygen atoms in total. The smallest absolute Gasteiger partial charge is 0.404 e. The highest BCUT2D eigenvalue weighted by Gasteiger charge is 2.38. The van der Waals surface area contributed by atoms with Gasteiger partial charge in [0.05, 0.1) is 37.5 Å². The molecule has 2 heterocycles.